The van der Waals surface area contributed by atoms with Crippen molar-refractivity contribution in [2.45, 2.75) is 64.0 Å². The van der Waals surface area contributed by atoms with Gasteiger partial charge in [-0.2, -0.15) is 0 Å². The van der Waals surface area contributed by atoms with Gasteiger partial charge in [-0.25, -0.2) is 4.79 Å². The van der Waals surface area contributed by atoms with Gasteiger partial charge in [0.2, 0.25) is 0 Å². The maximum atomic E-state index is 11.9. The van der Waals surface area contributed by atoms with Crippen LogP contribution in [-0.2, 0) is 4.74 Å². The van der Waals surface area contributed by atoms with Gasteiger partial charge in [0, 0.05) is 6.04 Å². The molecule has 0 unspecified atom stereocenters. The molecule has 2 rings (SSSR count). The molecule has 1 fully saturated rings. The van der Waals surface area contributed by atoms with E-state index in [1.165, 1.54) is 5.56 Å². The number of amides is 1. The van der Waals surface area contributed by atoms with Crippen molar-refractivity contribution in [3.63, 3.8) is 0 Å². The molecule has 1 aliphatic rings. The standard InChI is InChI=1S/C18H27NO3/c1-18(2,3)22-17(20)19-14-9-7-8-13(12-14)15-10-5-6-11-16(15)21-4/h5-6,10-11,13-14H,7-9,12H2,1-4H3,(H,19,20)/t13-,14+/m0/s1. The number of carbonyl (C=O) groups is 1. The molecule has 0 heterocycles. The molecule has 0 spiro atoms. The van der Waals surface area contributed by atoms with Gasteiger partial charge < -0.3 is 14.8 Å². The minimum absolute atomic E-state index is 0.165. The molecule has 0 saturated heterocycles. The number of hydrogen-bond donors (Lipinski definition) is 1. The first-order valence-corrected chi connectivity index (χ1v) is 8.01. The fourth-order valence-electron chi connectivity index (χ4n) is 3.08. The van der Waals surface area contributed by atoms with Gasteiger partial charge in [0.25, 0.3) is 0 Å². The van der Waals surface area contributed by atoms with Crippen molar-refractivity contribution in [1.29, 1.82) is 0 Å². The average Bonchev–Trinajstić information content (AvgIpc) is 2.45. The number of nitrogens with one attached hydrogen (secondary N) is 1. The van der Waals surface area contributed by atoms with E-state index in [-0.39, 0.29) is 12.1 Å². The molecule has 122 valence electrons. The Kier molecular flexibility index (Phi) is 5.33. The Morgan fingerprint density at radius 3 is 2.64 bits per heavy atom. The lowest BCUT2D eigenvalue weighted by Crippen LogP contribution is -2.41. The predicted octanol–water partition coefficient (Wildman–Crippen LogP) is 4.25. The van der Waals surface area contributed by atoms with E-state index in [9.17, 15) is 4.79 Å². The maximum absolute atomic E-state index is 11.9. The first kappa shape index (κ1) is 16.7. The zero-order valence-corrected chi connectivity index (χ0v) is 14.0. The summed E-state index contributed by atoms with van der Waals surface area (Å²) < 4.78 is 10.8. The largest absolute Gasteiger partial charge is 0.496 e. The average molecular weight is 305 g/mol. The maximum Gasteiger partial charge on any atom is 0.407 e. The van der Waals surface area contributed by atoms with E-state index < -0.39 is 5.60 Å². The van der Waals surface area contributed by atoms with Gasteiger partial charge in [-0.1, -0.05) is 24.6 Å². The quantitative estimate of drug-likeness (QED) is 0.908. The van der Waals surface area contributed by atoms with Crippen LogP contribution in [-0.4, -0.2) is 24.8 Å². The van der Waals surface area contributed by atoms with E-state index in [0.717, 1.165) is 31.4 Å². The summed E-state index contributed by atoms with van der Waals surface area (Å²) in [5, 5.41) is 3.01. The molecule has 2 atom stereocenters. The summed E-state index contributed by atoms with van der Waals surface area (Å²) in [5.74, 6) is 1.36. The molecule has 0 aliphatic heterocycles. The van der Waals surface area contributed by atoms with Gasteiger partial charge in [-0.3, -0.25) is 0 Å². The van der Waals surface area contributed by atoms with Crippen LogP contribution in [0.2, 0.25) is 0 Å². The summed E-state index contributed by atoms with van der Waals surface area (Å²) in [5.41, 5.74) is 0.779. The van der Waals surface area contributed by atoms with Crippen LogP contribution in [0.4, 0.5) is 4.79 Å². The molecule has 1 aromatic rings. The number of ether oxygens (including phenoxy) is 2. The van der Waals surface area contributed by atoms with Crippen LogP contribution in [0.3, 0.4) is 0 Å². The second kappa shape index (κ2) is 7.03. The molecular weight excluding hydrogens is 278 g/mol. The second-order valence-corrected chi connectivity index (χ2v) is 6.95. The molecule has 1 N–H and O–H groups in total. The number of benzene rings is 1. The van der Waals surface area contributed by atoms with Crippen LogP contribution < -0.4 is 10.1 Å². The number of alkyl carbamates (subject to hydrolysis) is 1. The van der Waals surface area contributed by atoms with Crippen molar-refractivity contribution in [2.24, 2.45) is 0 Å². The van der Waals surface area contributed by atoms with Gasteiger partial charge in [-0.15, -0.1) is 0 Å². The summed E-state index contributed by atoms with van der Waals surface area (Å²) in [7, 11) is 1.71. The Balaban J connectivity index is 1.98. The molecule has 1 aromatic carbocycles. The van der Waals surface area contributed by atoms with Gasteiger partial charge >= 0.3 is 6.09 Å². The molecule has 1 saturated carbocycles. The monoisotopic (exact) mass is 305 g/mol. The molecule has 0 bridgehead atoms. The van der Waals surface area contributed by atoms with Crippen LogP contribution in [0, 0.1) is 0 Å². The van der Waals surface area contributed by atoms with E-state index in [4.69, 9.17) is 9.47 Å². The first-order chi connectivity index (χ1) is 10.4. The molecule has 0 aromatic heterocycles. The molecule has 1 amide bonds. The highest BCUT2D eigenvalue weighted by molar-refractivity contribution is 5.68. The Bertz CT molecular complexity index is 507. The van der Waals surface area contributed by atoms with Crippen molar-refractivity contribution in [3.05, 3.63) is 29.8 Å². The Morgan fingerprint density at radius 1 is 1.23 bits per heavy atom. The van der Waals surface area contributed by atoms with E-state index in [2.05, 4.69) is 11.4 Å². The van der Waals surface area contributed by atoms with Crippen molar-refractivity contribution >= 4 is 6.09 Å². The number of rotatable bonds is 3. The Hall–Kier alpha value is -1.71. The topological polar surface area (TPSA) is 47.6 Å². The summed E-state index contributed by atoms with van der Waals surface area (Å²) in [4.78, 5) is 11.9. The molecule has 0 radical (unpaired) electrons. The Labute approximate surface area is 133 Å². The highest BCUT2D eigenvalue weighted by Gasteiger charge is 2.27. The zero-order chi connectivity index (χ0) is 16.2. The number of para-hydroxylation sites is 1. The van der Waals surface area contributed by atoms with Gasteiger partial charge in [0.15, 0.2) is 0 Å². The third-order valence-electron chi connectivity index (χ3n) is 3.97. The second-order valence-electron chi connectivity index (χ2n) is 6.95. The SMILES string of the molecule is COc1ccccc1[C@H]1CCC[C@@H](NC(=O)OC(C)(C)C)C1. The van der Waals surface area contributed by atoms with Crippen molar-refractivity contribution in [3.8, 4) is 5.75 Å². The lowest BCUT2D eigenvalue weighted by atomic mass is 9.81. The van der Waals surface area contributed by atoms with Gasteiger partial charge in [0.05, 0.1) is 7.11 Å². The number of carbonyl (C=O) groups excluding carboxylic acids is 1. The van der Waals surface area contributed by atoms with E-state index >= 15 is 0 Å². The van der Waals surface area contributed by atoms with E-state index in [0.29, 0.717) is 5.92 Å². The summed E-state index contributed by atoms with van der Waals surface area (Å²) in [6, 6.07) is 8.32. The predicted molar refractivity (Wildman–Crippen MR) is 87.4 cm³/mol. The normalized spacial score (nSPS) is 22.0. The lowest BCUT2D eigenvalue weighted by Gasteiger charge is -2.31. The van der Waals surface area contributed by atoms with Crippen LogP contribution in [0.1, 0.15) is 57.9 Å². The molecule has 22 heavy (non-hydrogen) atoms. The van der Waals surface area contributed by atoms with Crippen molar-refractivity contribution in [1.82, 2.24) is 5.32 Å². The minimum atomic E-state index is -0.458. The fourth-order valence-corrected chi connectivity index (χ4v) is 3.08. The smallest absolute Gasteiger partial charge is 0.407 e. The molecule has 1 aliphatic carbocycles. The number of methoxy groups -OCH3 is 1. The summed E-state index contributed by atoms with van der Waals surface area (Å²) in [6.07, 6.45) is 3.85. The first-order valence-electron chi connectivity index (χ1n) is 8.01. The highest BCUT2D eigenvalue weighted by atomic mass is 16.6. The molecule has 4 heteroatoms. The van der Waals surface area contributed by atoms with Crippen LogP contribution in [0.25, 0.3) is 0 Å². The van der Waals surface area contributed by atoms with Gasteiger partial charge in [0.1, 0.15) is 11.4 Å². The van der Waals surface area contributed by atoms with Gasteiger partial charge in [-0.05, 0) is 57.6 Å². The van der Waals surface area contributed by atoms with Crippen molar-refractivity contribution in [2.75, 3.05) is 7.11 Å². The fraction of sp³-hybridized carbons (Fsp3) is 0.611. The zero-order valence-electron chi connectivity index (χ0n) is 14.0. The summed E-state index contributed by atoms with van der Waals surface area (Å²) in [6.45, 7) is 5.64. The van der Waals surface area contributed by atoms with E-state index in [1.807, 2.05) is 39.0 Å². The Morgan fingerprint density at radius 2 is 1.95 bits per heavy atom. The minimum Gasteiger partial charge on any atom is -0.496 e. The third kappa shape index (κ3) is 4.65. The third-order valence-corrected chi connectivity index (χ3v) is 3.97. The lowest BCUT2D eigenvalue weighted by molar-refractivity contribution is 0.0490. The number of hydrogen-bond acceptors (Lipinski definition) is 3. The molecule has 4 nitrogen and oxygen atoms in total. The van der Waals surface area contributed by atoms with Crippen LogP contribution >= 0.6 is 0 Å². The van der Waals surface area contributed by atoms with Crippen molar-refractivity contribution < 1.29 is 14.3 Å². The van der Waals surface area contributed by atoms with Crippen LogP contribution in [0.5, 0.6) is 5.75 Å². The van der Waals surface area contributed by atoms with Crippen LogP contribution in [0.15, 0.2) is 24.3 Å². The van der Waals surface area contributed by atoms with E-state index in [1.54, 1.807) is 7.11 Å². The summed E-state index contributed by atoms with van der Waals surface area (Å²) >= 11 is 0. The molecular formula is C18H27NO3. The highest BCUT2D eigenvalue weighted by Crippen LogP contribution is 2.37.